The highest BCUT2D eigenvalue weighted by Crippen LogP contribution is 2.27. The third-order valence-electron chi connectivity index (χ3n) is 5.63. The number of pyridine rings is 1. The lowest BCUT2D eigenvalue weighted by Crippen LogP contribution is -2.38. The van der Waals surface area contributed by atoms with Crippen LogP contribution in [0.1, 0.15) is 56.9 Å². The molecule has 170 valence electrons. The van der Waals surface area contributed by atoms with E-state index in [2.05, 4.69) is 47.9 Å². The fourth-order valence-corrected chi connectivity index (χ4v) is 4.11. The van der Waals surface area contributed by atoms with E-state index in [9.17, 15) is 4.79 Å². The topological polar surface area (TPSA) is 111 Å². The molecule has 0 atom stereocenters. The number of fused-ring (bicyclic) bond motifs is 1. The number of carbonyl (C=O) groups is 1. The Kier molecular flexibility index (Phi) is 6.27. The van der Waals surface area contributed by atoms with Gasteiger partial charge in [-0.3, -0.25) is 4.79 Å². The Balaban J connectivity index is 1.52. The Hall–Kier alpha value is -3.20. The minimum Gasteiger partial charge on any atom is -0.375 e. The van der Waals surface area contributed by atoms with E-state index in [0.29, 0.717) is 29.3 Å². The van der Waals surface area contributed by atoms with Crippen LogP contribution in [0.25, 0.3) is 10.9 Å². The summed E-state index contributed by atoms with van der Waals surface area (Å²) >= 11 is 0. The van der Waals surface area contributed by atoms with Crippen LogP contribution in [-0.4, -0.2) is 50.7 Å². The van der Waals surface area contributed by atoms with Crippen molar-refractivity contribution in [2.75, 3.05) is 23.3 Å². The minimum atomic E-state index is -0.458. The van der Waals surface area contributed by atoms with Crippen molar-refractivity contribution in [2.24, 2.45) is 5.73 Å². The number of nitrogens with two attached hydrogens (primary N) is 1. The van der Waals surface area contributed by atoms with Gasteiger partial charge in [-0.25, -0.2) is 9.97 Å². The molecule has 9 nitrogen and oxygen atoms in total. The number of nitrogens with one attached hydrogen (secondary N) is 1. The molecule has 4 rings (SSSR count). The highest BCUT2D eigenvalue weighted by atomic mass is 16.5. The normalized spacial score (nSPS) is 15.1. The minimum absolute atomic E-state index is 0.175. The van der Waals surface area contributed by atoms with Crippen LogP contribution in [-0.2, 0) is 4.74 Å². The molecule has 0 unspecified atom stereocenters. The molecule has 1 aliphatic rings. The third-order valence-corrected chi connectivity index (χ3v) is 5.63. The van der Waals surface area contributed by atoms with Gasteiger partial charge in [-0.05, 0) is 46.6 Å². The molecule has 0 aliphatic carbocycles. The summed E-state index contributed by atoms with van der Waals surface area (Å²) in [6.45, 7) is 9.99. The Bertz CT molecular complexity index is 1100. The molecule has 3 aromatic heterocycles. The maximum Gasteiger partial charge on any atom is 0.250 e. The molecule has 9 heteroatoms. The standard InChI is InChI=1S/C23H31N7O2/c1-14(2)30-13-18(22(24)31)17-12-26-21(11-19(17)30)27-20-5-8-25-23(28-20)29-9-6-16(7-10-29)32-15(3)4/h5,8,11-16H,6-7,9-10H2,1-4H3,(H2,24,31)(H,25,26,27,28). The lowest BCUT2D eigenvalue weighted by molar-refractivity contribution is -0.00491. The molecule has 3 N–H and O–H groups in total. The Morgan fingerprint density at radius 2 is 1.94 bits per heavy atom. The van der Waals surface area contributed by atoms with Gasteiger partial charge in [-0.15, -0.1) is 0 Å². The summed E-state index contributed by atoms with van der Waals surface area (Å²) < 4.78 is 7.96. The number of amides is 1. The lowest BCUT2D eigenvalue weighted by atomic mass is 10.1. The van der Waals surface area contributed by atoms with Crippen molar-refractivity contribution in [3.8, 4) is 0 Å². The van der Waals surface area contributed by atoms with E-state index >= 15 is 0 Å². The second-order valence-electron chi connectivity index (χ2n) is 8.73. The number of nitrogens with zero attached hydrogens (tertiary/aromatic N) is 5. The monoisotopic (exact) mass is 437 g/mol. The zero-order valence-corrected chi connectivity index (χ0v) is 19.1. The third kappa shape index (κ3) is 4.67. The highest BCUT2D eigenvalue weighted by Gasteiger charge is 2.22. The summed E-state index contributed by atoms with van der Waals surface area (Å²) in [4.78, 5) is 27.6. The van der Waals surface area contributed by atoms with Crippen molar-refractivity contribution in [3.05, 3.63) is 36.3 Å². The van der Waals surface area contributed by atoms with Crippen LogP contribution >= 0.6 is 0 Å². The Morgan fingerprint density at radius 3 is 2.59 bits per heavy atom. The molecular formula is C23H31N7O2. The summed E-state index contributed by atoms with van der Waals surface area (Å²) in [5.74, 6) is 1.54. The molecule has 0 saturated carbocycles. The zero-order valence-electron chi connectivity index (χ0n) is 19.1. The average Bonchev–Trinajstić information content (AvgIpc) is 3.13. The van der Waals surface area contributed by atoms with E-state index in [4.69, 9.17) is 15.5 Å². The van der Waals surface area contributed by atoms with Crippen molar-refractivity contribution in [2.45, 2.75) is 58.8 Å². The van der Waals surface area contributed by atoms with Gasteiger partial charge in [-0.1, -0.05) is 0 Å². The first-order valence-electron chi connectivity index (χ1n) is 11.1. The first-order valence-corrected chi connectivity index (χ1v) is 11.1. The summed E-state index contributed by atoms with van der Waals surface area (Å²) in [5.41, 5.74) is 6.92. The number of hydrogen-bond acceptors (Lipinski definition) is 7. The maximum atomic E-state index is 11.8. The largest absolute Gasteiger partial charge is 0.375 e. The highest BCUT2D eigenvalue weighted by molar-refractivity contribution is 6.06. The smallest absolute Gasteiger partial charge is 0.250 e. The van der Waals surface area contributed by atoms with Gasteiger partial charge in [0.05, 0.1) is 23.3 Å². The van der Waals surface area contributed by atoms with Crippen LogP contribution < -0.4 is 16.0 Å². The van der Waals surface area contributed by atoms with Gasteiger partial charge in [0.1, 0.15) is 11.6 Å². The summed E-state index contributed by atoms with van der Waals surface area (Å²) in [5, 5.41) is 4.01. The number of rotatable bonds is 7. The predicted octanol–water partition coefficient (Wildman–Crippen LogP) is 3.64. The molecular weight excluding hydrogens is 406 g/mol. The fraction of sp³-hybridized carbons (Fsp3) is 0.478. The Morgan fingerprint density at radius 1 is 1.19 bits per heavy atom. The van der Waals surface area contributed by atoms with Gasteiger partial charge < -0.3 is 25.3 Å². The fourth-order valence-electron chi connectivity index (χ4n) is 4.11. The van der Waals surface area contributed by atoms with Crippen LogP contribution in [0, 0.1) is 0 Å². The molecule has 1 aliphatic heterocycles. The van der Waals surface area contributed by atoms with Crippen LogP contribution in [0.3, 0.4) is 0 Å². The molecule has 32 heavy (non-hydrogen) atoms. The van der Waals surface area contributed by atoms with Gasteiger partial charge in [0, 0.05) is 49.2 Å². The van der Waals surface area contributed by atoms with E-state index < -0.39 is 5.91 Å². The summed E-state index contributed by atoms with van der Waals surface area (Å²) in [6.07, 6.45) is 7.69. The van der Waals surface area contributed by atoms with Crippen LogP contribution in [0.4, 0.5) is 17.6 Å². The van der Waals surface area contributed by atoms with E-state index in [-0.39, 0.29) is 12.1 Å². The lowest BCUT2D eigenvalue weighted by Gasteiger charge is -2.32. The first kappa shape index (κ1) is 22.0. The van der Waals surface area contributed by atoms with Crippen LogP contribution in [0.2, 0.25) is 0 Å². The SMILES string of the molecule is CC(C)OC1CCN(c2nccc(Nc3cc4c(cn3)c(C(N)=O)cn4C(C)C)n2)CC1. The number of primary amides is 1. The van der Waals surface area contributed by atoms with Gasteiger partial charge >= 0.3 is 0 Å². The van der Waals surface area contributed by atoms with Crippen LogP contribution in [0.15, 0.2) is 30.7 Å². The number of hydrogen-bond donors (Lipinski definition) is 2. The number of piperidine rings is 1. The summed E-state index contributed by atoms with van der Waals surface area (Å²) in [6, 6.07) is 3.91. The van der Waals surface area contributed by atoms with Crippen molar-refractivity contribution >= 4 is 34.4 Å². The summed E-state index contributed by atoms with van der Waals surface area (Å²) in [7, 11) is 0. The van der Waals surface area contributed by atoms with E-state index in [1.54, 1.807) is 18.6 Å². The van der Waals surface area contributed by atoms with Crippen molar-refractivity contribution in [3.63, 3.8) is 0 Å². The Labute approximate surface area is 188 Å². The quantitative estimate of drug-likeness (QED) is 0.580. The molecule has 4 heterocycles. The van der Waals surface area contributed by atoms with E-state index in [0.717, 1.165) is 36.8 Å². The molecule has 3 aromatic rings. The first-order chi connectivity index (χ1) is 15.3. The van der Waals surface area contributed by atoms with Gasteiger partial charge in [0.15, 0.2) is 0 Å². The van der Waals surface area contributed by atoms with Gasteiger partial charge in [0.2, 0.25) is 5.95 Å². The van der Waals surface area contributed by atoms with Gasteiger partial charge in [-0.2, -0.15) is 4.98 Å². The van der Waals surface area contributed by atoms with Gasteiger partial charge in [0.25, 0.3) is 5.91 Å². The zero-order chi connectivity index (χ0) is 22.8. The number of anilines is 3. The molecule has 0 aromatic carbocycles. The number of carbonyl (C=O) groups excluding carboxylic acids is 1. The maximum absolute atomic E-state index is 11.8. The molecule has 1 saturated heterocycles. The second kappa shape index (κ2) is 9.12. The predicted molar refractivity (Wildman–Crippen MR) is 125 cm³/mol. The van der Waals surface area contributed by atoms with Crippen molar-refractivity contribution < 1.29 is 9.53 Å². The average molecular weight is 438 g/mol. The van der Waals surface area contributed by atoms with Crippen molar-refractivity contribution in [1.29, 1.82) is 0 Å². The second-order valence-corrected chi connectivity index (χ2v) is 8.73. The molecule has 1 fully saturated rings. The van der Waals surface area contributed by atoms with E-state index in [1.807, 2.05) is 16.7 Å². The van der Waals surface area contributed by atoms with Crippen LogP contribution in [0.5, 0.6) is 0 Å². The molecule has 0 radical (unpaired) electrons. The van der Waals surface area contributed by atoms with E-state index in [1.165, 1.54) is 0 Å². The molecule has 0 spiro atoms. The van der Waals surface area contributed by atoms with Crippen molar-refractivity contribution in [1.82, 2.24) is 19.5 Å². The number of ether oxygens (including phenoxy) is 1. The molecule has 0 bridgehead atoms. The molecule has 1 amide bonds. The number of aromatic nitrogens is 4.